The van der Waals surface area contributed by atoms with Gasteiger partial charge in [-0.25, -0.2) is 15.0 Å². The molecule has 0 spiro atoms. The van der Waals surface area contributed by atoms with E-state index in [2.05, 4.69) is 15.0 Å². The van der Waals surface area contributed by atoms with Crippen molar-refractivity contribution in [1.82, 2.24) is 19.5 Å². The van der Waals surface area contributed by atoms with Gasteiger partial charge >= 0.3 is 5.97 Å². The fraction of sp³-hybridized carbons (Fsp3) is 0.429. The van der Waals surface area contributed by atoms with E-state index in [1.54, 1.807) is 23.3 Å². The summed E-state index contributed by atoms with van der Waals surface area (Å²) >= 11 is 0. The van der Waals surface area contributed by atoms with Crippen LogP contribution in [0.1, 0.15) is 31.2 Å². The average molecular weight is 274 g/mol. The summed E-state index contributed by atoms with van der Waals surface area (Å²) < 4.78 is 6.67. The zero-order valence-corrected chi connectivity index (χ0v) is 11.7. The summed E-state index contributed by atoms with van der Waals surface area (Å²) in [5, 5.41) is 0. The molecule has 2 heterocycles. The molecule has 6 heteroatoms. The summed E-state index contributed by atoms with van der Waals surface area (Å²) in [6, 6.07) is 1.94. The van der Waals surface area contributed by atoms with E-state index in [4.69, 9.17) is 4.74 Å². The topological polar surface area (TPSA) is 69.9 Å². The van der Waals surface area contributed by atoms with Gasteiger partial charge in [0.15, 0.2) is 0 Å². The number of ether oxygens (including phenoxy) is 1. The van der Waals surface area contributed by atoms with Gasteiger partial charge in [0, 0.05) is 30.2 Å². The Morgan fingerprint density at radius 3 is 2.95 bits per heavy atom. The largest absolute Gasteiger partial charge is 0.466 e. The molecule has 6 nitrogen and oxygen atoms in total. The first kappa shape index (κ1) is 14.2. The molecule has 0 N–H and O–H groups in total. The Hall–Kier alpha value is -2.24. The monoisotopic (exact) mass is 274 g/mol. The van der Waals surface area contributed by atoms with E-state index in [-0.39, 0.29) is 5.97 Å². The number of carbonyl (C=O) groups is 1. The lowest BCUT2D eigenvalue weighted by Crippen LogP contribution is -2.06. The lowest BCUT2D eigenvalue weighted by Gasteiger charge is -2.06. The van der Waals surface area contributed by atoms with Crippen LogP contribution in [-0.4, -0.2) is 32.1 Å². The van der Waals surface area contributed by atoms with Crippen molar-refractivity contribution in [2.24, 2.45) is 0 Å². The second kappa shape index (κ2) is 6.79. The third kappa shape index (κ3) is 3.88. The van der Waals surface area contributed by atoms with E-state index in [1.807, 2.05) is 19.9 Å². The molecule has 2 aromatic rings. The van der Waals surface area contributed by atoms with Gasteiger partial charge in [-0.05, 0) is 32.8 Å². The minimum atomic E-state index is -0.159. The van der Waals surface area contributed by atoms with Gasteiger partial charge in [-0.3, -0.25) is 9.36 Å². The molecule has 2 rings (SSSR count). The van der Waals surface area contributed by atoms with Crippen LogP contribution in [0.4, 0.5) is 0 Å². The molecule has 0 unspecified atom stereocenters. The van der Waals surface area contributed by atoms with Crippen LogP contribution in [-0.2, 0) is 16.0 Å². The number of hydrogen-bond donors (Lipinski definition) is 0. The van der Waals surface area contributed by atoms with Crippen molar-refractivity contribution in [2.75, 3.05) is 6.61 Å². The van der Waals surface area contributed by atoms with Crippen molar-refractivity contribution in [1.29, 1.82) is 0 Å². The van der Waals surface area contributed by atoms with Crippen molar-refractivity contribution >= 4 is 5.97 Å². The molecule has 0 amide bonds. The predicted octanol–water partition coefficient (Wildman–Crippen LogP) is 1.86. The van der Waals surface area contributed by atoms with E-state index >= 15 is 0 Å². The van der Waals surface area contributed by atoms with Crippen LogP contribution in [0.5, 0.6) is 0 Å². The van der Waals surface area contributed by atoms with Gasteiger partial charge in [0.25, 0.3) is 0 Å². The average Bonchev–Trinajstić information content (AvgIpc) is 2.92. The second-order valence-electron chi connectivity index (χ2n) is 4.43. The standard InChI is InChI=1S/C14H18N4O2/c1-3-20-13(19)6-4-5-12-9-11(2)16-14(17-12)18-8-7-15-10-18/h7-10H,3-6H2,1-2H3. The molecular weight excluding hydrogens is 256 g/mol. The zero-order valence-electron chi connectivity index (χ0n) is 11.7. The first-order valence-electron chi connectivity index (χ1n) is 6.67. The van der Waals surface area contributed by atoms with Crippen molar-refractivity contribution in [3.8, 4) is 5.95 Å². The Bertz CT molecular complexity index is 567. The van der Waals surface area contributed by atoms with Gasteiger partial charge in [-0.1, -0.05) is 0 Å². The quantitative estimate of drug-likeness (QED) is 0.752. The number of esters is 1. The lowest BCUT2D eigenvalue weighted by molar-refractivity contribution is -0.143. The number of imidazole rings is 1. The SMILES string of the molecule is CCOC(=O)CCCc1cc(C)nc(-n2ccnc2)n1. The first-order valence-corrected chi connectivity index (χ1v) is 6.67. The highest BCUT2D eigenvalue weighted by atomic mass is 16.5. The first-order chi connectivity index (χ1) is 9.69. The molecule has 0 aliphatic rings. The molecule has 106 valence electrons. The van der Waals surface area contributed by atoms with Crippen LogP contribution >= 0.6 is 0 Å². The molecule has 0 bridgehead atoms. The molecule has 0 radical (unpaired) electrons. The van der Waals surface area contributed by atoms with E-state index in [9.17, 15) is 4.79 Å². The third-order valence-electron chi connectivity index (χ3n) is 2.75. The second-order valence-corrected chi connectivity index (χ2v) is 4.43. The molecule has 0 aliphatic carbocycles. The van der Waals surface area contributed by atoms with Gasteiger partial charge in [0.2, 0.25) is 5.95 Å². The van der Waals surface area contributed by atoms with Gasteiger partial charge < -0.3 is 4.74 Å². The zero-order chi connectivity index (χ0) is 14.4. The molecule has 0 fully saturated rings. The highest BCUT2D eigenvalue weighted by molar-refractivity contribution is 5.69. The Labute approximate surface area is 117 Å². The fourth-order valence-corrected chi connectivity index (χ4v) is 1.88. The van der Waals surface area contributed by atoms with Crippen molar-refractivity contribution in [3.05, 3.63) is 36.2 Å². The van der Waals surface area contributed by atoms with E-state index in [1.165, 1.54) is 0 Å². The number of aryl methyl sites for hydroxylation is 2. The molecule has 0 saturated heterocycles. The van der Waals surface area contributed by atoms with Crippen molar-refractivity contribution < 1.29 is 9.53 Å². The van der Waals surface area contributed by atoms with Crippen LogP contribution in [0, 0.1) is 6.92 Å². The highest BCUT2D eigenvalue weighted by Gasteiger charge is 2.06. The smallest absolute Gasteiger partial charge is 0.305 e. The van der Waals surface area contributed by atoms with E-state index in [0.717, 1.165) is 24.2 Å². The van der Waals surface area contributed by atoms with Crippen LogP contribution < -0.4 is 0 Å². The summed E-state index contributed by atoms with van der Waals surface area (Å²) in [5.41, 5.74) is 1.82. The Morgan fingerprint density at radius 2 is 2.25 bits per heavy atom. The number of carbonyl (C=O) groups excluding carboxylic acids is 1. The maximum absolute atomic E-state index is 11.3. The Kier molecular flexibility index (Phi) is 4.81. The molecule has 0 saturated carbocycles. The highest BCUT2D eigenvalue weighted by Crippen LogP contribution is 2.08. The summed E-state index contributed by atoms with van der Waals surface area (Å²) in [6.45, 7) is 4.16. The number of nitrogens with zero attached hydrogens (tertiary/aromatic N) is 4. The molecule has 0 aromatic carbocycles. The van der Waals surface area contributed by atoms with Crippen molar-refractivity contribution in [3.63, 3.8) is 0 Å². The molecule has 0 aliphatic heterocycles. The van der Waals surface area contributed by atoms with Gasteiger partial charge in [-0.15, -0.1) is 0 Å². The third-order valence-corrected chi connectivity index (χ3v) is 2.75. The molecule has 20 heavy (non-hydrogen) atoms. The summed E-state index contributed by atoms with van der Waals surface area (Å²) in [7, 11) is 0. The number of rotatable bonds is 6. The van der Waals surface area contributed by atoms with Crippen molar-refractivity contribution in [2.45, 2.75) is 33.1 Å². The summed E-state index contributed by atoms with van der Waals surface area (Å²) in [4.78, 5) is 24.1. The lowest BCUT2D eigenvalue weighted by atomic mass is 10.2. The minimum absolute atomic E-state index is 0.159. The van der Waals surface area contributed by atoms with Crippen LogP contribution in [0.3, 0.4) is 0 Å². The minimum Gasteiger partial charge on any atom is -0.466 e. The van der Waals surface area contributed by atoms with Gasteiger partial charge in [0.1, 0.15) is 6.33 Å². The van der Waals surface area contributed by atoms with E-state index < -0.39 is 0 Å². The molecule has 2 aromatic heterocycles. The van der Waals surface area contributed by atoms with Crippen LogP contribution in [0.2, 0.25) is 0 Å². The molecule has 0 atom stereocenters. The van der Waals surface area contributed by atoms with Gasteiger partial charge in [0.05, 0.1) is 6.61 Å². The molecular formula is C14H18N4O2. The van der Waals surface area contributed by atoms with Gasteiger partial charge in [-0.2, -0.15) is 0 Å². The summed E-state index contributed by atoms with van der Waals surface area (Å²) in [5.74, 6) is 0.446. The van der Waals surface area contributed by atoms with Crippen LogP contribution in [0.25, 0.3) is 5.95 Å². The fourth-order valence-electron chi connectivity index (χ4n) is 1.88. The predicted molar refractivity (Wildman–Crippen MR) is 73.5 cm³/mol. The number of aromatic nitrogens is 4. The maximum Gasteiger partial charge on any atom is 0.305 e. The normalized spacial score (nSPS) is 10.5. The summed E-state index contributed by atoms with van der Waals surface area (Å²) in [6.07, 6.45) is 7.01. The van der Waals surface area contributed by atoms with E-state index in [0.29, 0.717) is 19.0 Å². The Morgan fingerprint density at radius 1 is 1.40 bits per heavy atom. The maximum atomic E-state index is 11.3. The van der Waals surface area contributed by atoms with Crippen LogP contribution in [0.15, 0.2) is 24.8 Å². The number of hydrogen-bond acceptors (Lipinski definition) is 5. The Balaban J connectivity index is 2.00.